The van der Waals surface area contributed by atoms with Gasteiger partial charge in [0.05, 0.1) is 17.7 Å². The SMILES string of the molecule is Cc1c(F)cccc1-n1cnc(CNC(C)C)c1. The zero-order valence-corrected chi connectivity index (χ0v) is 10.9. The number of imidazole rings is 1. The van der Waals surface area contributed by atoms with Gasteiger partial charge < -0.3 is 9.88 Å². The first-order valence-electron chi connectivity index (χ1n) is 6.09. The Balaban J connectivity index is 2.21. The van der Waals surface area contributed by atoms with Crippen LogP contribution >= 0.6 is 0 Å². The van der Waals surface area contributed by atoms with Crippen LogP contribution < -0.4 is 5.32 Å². The Morgan fingerprint density at radius 3 is 2.89 bits per heavy atom. The minimum Gasteiger partial charge on any atom is -0.309 e. The number of aromatic nitrogens is 2. The standard InChI is InChI=1S/C14H18FN3/c1-10(2)16-7-12-8-18(9-17-12)14-6-4-5-13(15)11(14)3/h4-6,8-10,16H,7H2,1-3H3. The molecule has 96 valence electrons. The maximum Gasteiger partial charge on any atom is 0.128 e. The third kappa shape index (κ3) is 2.76. The van der Waals surface area contributed by atoms with E-state index in [2.05, 4.69) is 24.1 Å². The molecular formula is C14H18FN3. The molecule has 0 saturated heterocycles. The van der Waals surface area contributed by atoms with Crippen molar-refractivity contribution in [3.63, 3.8) is 0 Å². The van der Waals surface area contributed by atoms with Gasteiger partial charge in [-0.3, -0.25) is 0 Å². The molecular weight excluding hydrogens is 229 g/mol. The molecule has 1 heterocycles. The molecule has 4 heteroatoms. The van der Waals surface area contributed by atoms with Crippen molar-refractivity contribution in [2.24, 2.45) is 0 Å². The molecule has 1 N–H and O–H groups in total. The van der Waals surface area contributed by atoms with Crippen LogP contribution in [0.15, 0.2) is 30.7 Å². The first-order chi connectivity index (χ1) is 8.58. The Morgan fingerprint density at radius 2 is 2.17 bits per heavy atom. The Morgan fingerprint density at radius 1 is 1.39 bits per heavy atom. The van der Waals surface area contributed by atoms with Crippen LogP contribution in [0.1, 0.15) is 25.1 Å². The molecule has 0 amide bonds. The number of hydrogen-bond acceptors (Lipinski definition) is 2. The van der Waals surface area contributed by atoms with E-state index in [9.17, 15) is 4.39 Å². The molecule has 1 aromatic carbocycles. The molecule has 0 aliphatic rings. The predicted octanol–water partition coefficient (Wildman–Crippen LogP) is 2.82. The number of halogens is 1. The molecule has 3 nitrogen and oxygen atoms in total. The van der Waals surface area contributed by atoms with Gasteiger partial charge in [-0.1, -0.05) is 19.9 Å². The molecule has 2 aromatic rings. The van der Waals surface area contributed by atoms with Crippen LogP contribution in [0, 0.1) is 12.7 Å². The average Bonchev–Trinajstić information content (AvgIpc) is 2.78. The van der Waals surface area contributed by atoms with Crippen molar-refractivity contribution in [1.29, 1.82) is 0 Å². The van der Waals surface area contributed by atoms with Gasteiger partial charge in [-0.25, -0.2) is 9.37 Å². The van der Waals surface area contributed by atoms with E-state index in [1.807, 2.05) is 16.8 Å². The second-order valence-electron chi connectivity index (χ2n) is 4.69. The van der Waals surface area contributed by atoms with Crippen molar-refractivity contribution in [2.75, 3.05) is 0 Å². The summed E-state index contributed by atoms with van der Waals surface area (Å²) in [7, 11) is 0. The second kappa shape index (κ2) is 5.31. The first-order valence-corrected chi connectivity index (χ1v) is 6.09. The van der Waals surface area contributed by atoms with E-state index in [0.29, 0.717) is 11.6 Å². The summed E-state index contributed by atoms with van der Waals surface area (Å²) in [6.07, 6.45) is 3.65. The highest BCUT2D eigenvalue weighted by Crippen LogP contribution is 2.17. The number of benzene rings is 1. The molecule has 0 saturated carbocycles. The molecule has 18 heavy (non-hydrogen) atoms. The fourth-order valence-electron chi connectivity index (χ4n) is 1.77. The lowest BCUT2D eigenvalue weighted by Gasteiger charge is -2.07. The van der Waals surface area contributed by atoms with Crippen molar-refractivity contribution in [3.05, 3.63) is 47.8 Å². The van der Waals surface area contributed by atoms with Crippen molar-refractivity contribution < 1.29 is 4.39 Å². The molecule has 0 aliphatic carbocycles. The van der Waals surface area contributed by atoms with Gasteiger partial charge in [0.15, 0.2) is 0 Å². The largest absolute Gasteiger partial charge is 0.309 e. The van der Waals surface area contributed by atoms with E-state index in [4.69, 9.17) is 0 Å². The average molecular weight is 247 g/mol. The highest BCUT2D eigenvalue weighted by Gasteiger charge is 2.06. The zero-order chi connectivity index (χ0) is 13.1. The number of rotatable bonds is 4. The fourth-order valence-corrected chi connectivity index (χ4v) is 1.77. The van der Waals surface area contributed by atoms with Crippen molar-refractivity contribution in [3.8, 4) is 5.69 Å². The first kappa shape index (κ1) is 12.8. The lowest BCUT2D eigenvalue weighted by atomic mass is 10.2. The van der Waals surface area contributed by atoms with E-state index in [1.165, 1.54) is 6.07 Å². The quantitative estimate of drug-likeness (QED) is 0.900. The van der Waals surface area contributed by atoms with Gasteiger partial charge in [0.25, 0.3) is 0 Å². The summed E-state index contributed by atoms with van der Waals surface area (Å²) >= 11 is 0. The van der Waals surface area contributed by atoms with E-state index in [1.54, 1.807) is 19.3 Å². The Kier molecular flexibility index (Phi) is 3.77. The Labute approximate surface area is 107 Å². The highest BCUT2D eigenvalue weighted by molar-refractivity contribution is 5.41. The van der Waals surface area contributed by atoms with Crippen LogP contribution in [0.4, 0.5) is 4.39 Å². The fraction of sp³-hybridized carbons (Fsp3) is 0.357. The van der Waals surface area contributed by atoms with E-state index in [0.717, 1.165) is 17.9 Å². The molecule has 0 unspecified atom stereocenters. The number of nitrogens with one attached hydrogen (secondary N) is 1. The number of nitrogens with zero attached hydrogens (tertiary/aromatic N) is 2. The molecule has 1 aromatic heterocycles. The third-order valence-corrected chi connectivity index (χ3v) is 2.84. The predicted molar refractivity (Wildman–Crippen MR) is 70.2 cm³/mol. The summed E-state index contributed by atoms with van der Waals surface area (Å²) in [5, 5.41) is 3.30. The van der Waals surface area contributed by atoms with Crippen LogP contribution in [0.2, 0.25) is 0 Å². The topological polar surface area (TPSA) is 29.9 Å². The maximum atomic E-state index is 13.5. The van der Waals surface area contributed by atoms with Gasteiger partial charge in [-0.2, -0.15) is 0 Å². The third-order valence-electron chi connectivity index (χ3n) is 2.84. The van der Waals surface area contributed by atoms with Crippen LogP contribution in [-0.2, 0) is 6.54 Å². The van der Waals surface area contributed by atoms with Crippen LogP contribution in [0.3, 0.4) is 0 Å². The zero-order valence-electron chi connectivity index (χ0n) is 10.9. The summed E-state index contributed by atoms with van der Waals surface area (Å²) in [5.74, 6) is -0.192. The van der Waals surface area contributed by atoms with Gasteiger partial charge >= 0.3 is 0 Å². The number of hydrogen-bond donors (Lipinski definition) is 1. The molecule has 0 fully saturated rings. The summed E-state index contributed by atoms with van der Waals surface area (Å²) in [4.78, 5) is 4.31. The summed E-state index contributed by atoms with van der Waals surface area (Å²) in [6, 6.07) is 5.49. The summed E-state index contributed by atoms with van der Waals surface area (Å²) in [6.45, 7) is 6.68. The van der Waals surface area contributed by atoms with Gasteiger partial charge in [0, 0.05) is 24.3 Å². The Hall–Kier alpha value is -1.68. The van der Waals surface area contributed by atoms with E-state index < -0.39 is 0 Å². The smallest absolute Gasteiger partial charge is 0.128 e. The Bertz CT molecular complexity index is 532. The molecule has 0 bridgehead atoms. The monoisotopic (exact) mass is 247 g/mol. The molecule has 2 rings (SSSR count). The highest BCUT2D eigenvalue weighted by atomic mass is 19.1. The normalized spacial score (nSPS) is 11.2. The van der Waals surface area contributed by atoms with Crippen molar-refractivity contribution in [2.45, 2.75) is 33.4 Å². The van der Waals surface area contributed by atoms with Gasteiger partial charge in [-0.05, 0) is 19.1 Å². The van der Waals surface area contributed by atoms with Crippen LogP contribution in [0.25, 0.3) is 5.69 Å². The van der Waals surface area contributed by atoms with Crippen molar-refractivity contribution >= 4 is 0 Å². The van der Waals surface area contributed by atoms with Gasteiger partial charge in [0.1, 0.15) is 5.82 Å². The summed E-state index contributed by atoms with van der Waals surface area (Å²) in [5.41, 5.74) is 2.42. The van der Waals surface area contributed by atoms with E-state index in [-0.39, 0.29) is 5.82 Å². The molecule has 0 atom stereocenters. The minimum absolute atomic E-state index is 0.192. The minimum atomic E-state index is -0.192. The van der Waals surface area contributed by atoms with Gasteiger partial charge in [0.2, 0.25) is 0 Å². The van der Waals surface area contributed by atoms with E-state index >= 15 is 0 Å². The second-order valence-corrected chi connectivity index (χ2v) is 4.69. The molecule has 0 radical (unpaired) electrons. The van der Waals surface area contributed by atoms with Crippen molar-refractivity contribution in [1.82, 2.24) is 14.9 Å². The van der Waals surface area contributed by atoms with Gasteiger partial charge in [-0.15, -0.1) is 0 Å². The molecule has 0 spiro atoms. The van der Waals surface area contributed by atoms with Crippen LogP contribution in [0.5, 0.6) is 0 Å². The van der Waals surface area contributed by atoms with Crippen LogP contribution in [-0.4, -0.2) is 15.6 Å². The summed E-state index contributed by atoms with van der Waals surface area (Å²) < 4.78 is 15.3. The molecule has 0 aliphatic heterocycles. The lowest BCUT2D eigenvalue weighted by Crippen LogP contribution is -2.21. The lowest BCUT2D eigenvalue weighted by molar-refractivity contribution is 0.582. The maximum absolute atomic E-state index is 13.5.